The molecule has 0 amide bonds. The van der Waals surface area contributed by atoms with Gasteiger partial charge in [-0.3, -0.25) is 0 Å². The molecule has 1 heterocycles. The zero-order valence-electron chi connectivity index (χ0n) is 7.22. The highest BCUT2D eigenvalue weighted by molar-refractivity contribution is 6.34. The van der Waals surface area contributed by atoms with Crippen LogP contribution in [0.4, 0.5) is 5.82 Å². The van der Waals surface area contributed by atoms with E-state index in [1.54, 1.807) is 6.07 Å². The molecular weight excluding hydrogens is 221 g/mol. The maximum Gasteiger partial charge on any atom is 0.146 e. The van der Waals surface area contributed by atoms with E-state index in [0.717, 1.165) is 0 Å². The predicted molar refractivity (Wildman–Crippen MR) is 57.4 cm³/mol. The van der Waals surface area contributed by atoms with Crippen LogP contribution in [0.25, 0.3) is 0 Å². The van der Waals surface area contributed by atoms with Crippen molar-refractivity contribution in [2.75, 3.05) is 11.9 Å². The van der Waals surface area contributed by atoms with Crippen LogP contribution in [0.15, 0.2) is 23.9 Å². The van der Waals surface area contributed by atoms with Crippen molar-refractivity contribution in [3.8, 4) is 6.07 Å². The number of hydrogen-bond donors (Lipinski definition) is 1. The third-order valence-corrected chi connectivity index (χ3v) is 1.97. The van der Waals surface area contributed by atoms with Crippen LogP contribution in [0.3, 0.4) is 0 Å². The van der Waals surface area contributed by atoms with Gasteiger partial charge in [0.25, 0.3) is 0 Å². The highest BCUT2D eigenvalue weighted by Gasteiger charge is 2.05. The molecule has 72 valence electrons. The van der Waals surface area contributed by atoms with Gasteiger partial charge in [0.2, 0.25) is 0 Å². The average molecular weight is 228 g/mol. The first kappa shape index (κ1) is 10.8. The lowest BCUT2D eigenvalue weighted by Crippen LogP contribution is -2.03. The lowest BCUT2D eigenvalue weighted by molar-refractivity contribution is 1.21. The molecule has 0 saturated carbocycles. The maximum absolute atomic E-state index is 8.69. The van der Waals surface area contributed by atoms with Crippen molar-refractivity contribution >= 4 is 29.0 Å². The monoisotopic (exact) mass is 227 g/mol. The normalized spacial score (nSPS) is 9.21. The summed E-state index contributed by atoms with van der Waals surface area (Å²) in [5, 5.41) is 12.3. The standard InChI is InChI=1S/C9H7Cl2N3/c1-6(10)5-14-9-8(11)7(4-12)2-3-13-9/h2-3H,1,5H2,(H,13,14). The van der Waals surface area contributed by atoms with Crippen molar-refractivity contribution in [1.29, 1.82) is 5.26 Å². The molecule has 5 heteroatoms. The van der Waals surface area contributed by atoms with Gasteiger partial charge in [-0.05, 0) is 6.07 Å². The van der Waals surface area contributed by atoms with Crippen LogP contribution in [0, 0.1) is 11.3 Å². The number of hydrogen-bond acceptors (Lipinski definition) is 3. The highest BCUT2D eigenvalue weighted by Crippen LogP contribution is 2.22. The van der Waals surface area contributed by atoms with Crippen molar-refractivity contribution in [1.82, 2.24) is 4.98 Å². The van der Waals surface area contributed by atoms with Crippen LogP contribution in [0.5, 0.6) is 0 Å². The molecule has 0 fully saturated rings. The summed E-state index contributed by atoms with van der Waals surface area (Å²) >= 11 is 11.4. The minimum Gasteiger partial charge on any atom is -0.364 e. The molecule has 14 heavy (non-hydrogen) atoms. The van der Waals surface area contributed by atoms with Gasteiger partial charge in [0.05, 0.1) is 12.1 Å². The fourth-order valence-corrected chi connectivity index (χ4v) is 1.12. The number of pyridine rings is 1. The van der Waals surface area contributed by atoms with Crippen LogP contribution in [0.2, 0.25) is 5.02 Å². The molecule has 0 atom stereocenters. The molecule has 1 N–H and O–H groups in total. The third-order valence-electron chi connectivity index (χ3n) is 1.46. The SMILES string of the molecule is C=C(Cl)CNc1nccc(C#N)c1Cl. The van der Waals surface area contributed by atoms with E-state index in [1.165, 1.54) is 6.20 Å². The Bertz CT molecular complexity index is 396. The van der Waals surface area contributed by atoms with Crippen molar-refractivity contribution in [3.05, 3.63) is 34.5 Å². The van der Waals surface area contributed by atoms with Gasteiger partial charge in [-0.2, -0.15) is 5.26 Å². The number of nitrogens with zero attached hydrogens (tertiary/aromatic N) is 2. The predicted octanol–water partition coefficient (Wildman–Crippen LogP) is 2.77. The maximum atomic E-state index is 8.69. The van der Waals surface area contributed by atoms with Crippen LogP contribution in [0.1, 0.15) is 5.56 Å². The molecule has 0 aliphatic carbocycles. The summed E-state index contributed by atoms with van der Waals surface area (Å²) in [6.07, 6.45) is 1.50. The third kappa shape index (κ3) is 2.63. The molecule has 1 rings (SSSR count). The van der Waals surface area contributed by atoms with Crippen molar-refractivity contribution in [2.45, 2.75) is 0 Å². The molecule has 3 nitrogen and oxygen atoms in total. The summed E-state index contributed by atoms with van der Waals surface area (Å²) < 4.78 is 0. The van der Waals surface area contributed by atoms with Gasteiger partial charge in [-0.1, -0.05) is 29.8 Å². The van der Waals surface area contributed by atoms with Crippen LogP contribution in [-0.4, -0.2) is 11.5 Å². The minimum absolute atomic E-state index is 0.299. The second-order valence-corrected chi connectivity index (χ2v) is 3.42. The summed E-state index contributed by atoms with van der Waals surface area (Å²) in [4.78, 5) is 3.96. The quantitative estimate of drug-likeness (QED) is 0.865. The molecule has 0 bridgehead atoms. The molecular formula is C9H7Cl2N3. The Morgan fingerprint density at radius 3 is 3.00 bits per heavy atom. The van der Waals surface area contributed by atoms with Gasteiger partial charge < -0.3 is 5.32 Å². The molecule has 0 aliphatic rings. The van der Waals surface area contributed by atoms with E-state index >= 15 is 0 Å². The lowest BCUT2D eigenvalue weighted by Gasteiger charge is -2.06. The Balaban J connectivity index is 2.88. The van der Waals surface area contributed by atoms with Crippen molar-refractivity contribution in [2.24, 2.45) is 0 Å². The first-order chi connectivity index (χ1) is 6.65. The molecule has 1 aromatic rings. The Labute approximate surface area is 92.0 Å². The van der Waals surface area contributed by atoms with E-state index in [-0.39, 0.29) is 0 Å². The number of rotatable bonds is 3. The zero-order chi connectivity index (χ0) is 10.6. The first-order valence-electron chi connectivity index (χ1n) is 3.77. The summed E-state index contributed by atoms with van der Waals surface area (Å²) in [6.45, 7) is 3.87. The largest absolute Gasteiger partial charge is 0.364 e. The summed E-state index contributed by atoms with van der Waals surface area (Å²) in [7, 11) is 0. The Kier molecular flexibility index (Phi) is 3.75. The second-order valence-electron chi connectivity index (χ2n) is 2.50. The molecule has 0 aromatic carbocycles. The van der Waals surface area contributed by atoms with Gasteiger partial charge in [-0.25, -0.2) is 4.98 Å². The van der Waals surface area contributed by atoms with E-state index in [0.29, 0.717) is 28.0 Å². The Hall–Kier alpha value is -1.24. The van der Waals surface area contributed by atoms with E-state index in [4.69, 9.17) is 28.5 Å². The fourth-order valence-electron chi connectivity index (χ4n) is 0.833. The number of nitriles is 1. The van der Waals surface area contributed by atoms with Gasteiger partial charge in [-0.15, -0.1) is 0 Å². The van der Waals surface area contributed by atoms with Gasteiger partial charge >= 0.3 is 0 Å². The van der Waals surface area contributed by atoms with Gasteiger partial charge in [0.15, 0.2) is 0 Å². The van der Waals surface area contributed by atoms with Crippen molar-refractivity contribution < 1.29 is 0 Å². The van der Waals surface area contributed by atoms with E-state index in [9.17, 15) is 0 Å². The van der Waals surface area contributed by atoms with Crippen LogP contribution in [-0.2, 0) is 0 Å². The zero-order valence-corrected chi connectivity index (χ0v) is 8.73. The summed E-state index contributed by atoms with van der Waals surface area (Å²) in [5.74, 6) is 0.438. The lowest BCUT2D eigenvalue weighted by atomic mass is 10.3. The van der Waals surface area contributed by atoms with E-state index in [1.807, 2.05) is 6.07 Å². The molecule has 0 spiro atoms. The van der Waals surface area contributed by atoms with Gasteiger partial charge in [0, 0.05) is 11.2 Å². The minimum atomic E-state index is 0.299. The van der Waals surface area contributed by atoms with Gasteiger partial charge in [0.1, 0.15) is 16.9 Å². The molecule has 1 aromatic heterocycles. The Morgan fingerprint density at radius 2 is 2.43 bits per heavy atom. The van der Waals surface area contributed by atoms with Crippen molar-refractivity contribution in [3.63, 3.8) is 0 Å². The number of anilines is 1. The second kappa shape index (κ2) is 4.85. The Morgan fingerprint density at radius 1 is 1.71 bits per heavy atom. The van der Waals surface area contributed by atoms with Crippen LogP contribution < -0.4 is 5.32 Å². The number of aromatic nitrogens is 1. The summed E-state index contributed by atoms with van der Waals surface area (Å²) in [5.41, 5.74) is 0.379. The van der Waals surface area contributed by atoms with Crippen LogP contribution >= 0.6 is 23.2 Å². The molecule has 0 saturated heterocycles. The number of nitrogens with one attached hydrogen (secondary N) is 1. The van der Waals surface area contributed by atoms with E-state index in [2.05, 4.69) is 16.9 Å². The number of halogens is 2. The smallest absolute Gasteiger partial charge is 0.146 e. The molecule has 0 radical (unpaired) electrons. The average Bonchev–Trinajstić information content (AvgIpc) is 2.16. The topological polar surface area (TPSA) is 48.7 Å². The molecule has 0 unspecified atom stereocenters. The summed E-state index contributed by atoms with van der Waals surface area (Å²) in [6, 6.07) is 3.50. The molecule has 0 aliphatic heterocycles. The van der Waals surface area contributed by atoms with E-state index < -0.39 is 0 Å². The fraction of sp³-hybridized carbons (Fsp3) is 0.111. The highest BCUT2D eigenvalue weighted by atomic mass is 35.5. The first-order valence-corrected chi connectivity index (χ1v) is 4.52.